The van der Waals surface area contributed by atoms with Gasteiger partial charge in [-0.3, -0.25) is 9.59 Å². The van der Waals surface area contributed by atoms with Crippen LogP contribution in [-0.4, -0.2) is 23.8 Å². The molecule has 0 aliphatic heterocycles. The van der Waals surface area contributed by atoms with Crippen molar-refractivity contribution in [3.8, 4) is 11.5 Å². The first kappa shape index (κ1) is 36.6. The third-order valence-corrected chi connectivity index (χ3v) is 8.26. The van der Waals surface area contributed by atoms with Crippen molar-refractivity contribution in [1.82, 2.24) is 0 Å². The summed E-state index contributed by atoms with van der Waals surface area (Å²) in [6.45, 7) is 8.83. The van der Waals surface area contributed by atoms with Crippen LogP contribution in [0.1, 0.15) is 170 Å². The Morgan fingerprint density at radius 1 is 0.488 bits per heavy atom. The Morgan fingerprint density at radius 3 is 1.26 bits per heavy atom. The number of carbonyl (C=O) groups is 2. The number of hydrogen-bond donors (Lipinski definition) is 0. The molecule has 0 bridgehead atoms. The first-order valence-corrected chi connectivity index (χ1v) is 17.6. The van der Waals surface area contributed by atoms with Gasteiger partial charge in [0, 0.05) is 0 Å². The molecule has 0 amide bonds. The van der Waals surface area contributed by atoms with Crippen LogP contribution in [-0.2, 0) is 0 Å². The second-order valence-corrected chi connectivity index (χ2v) is 12.2. The third-order valence-electron chi connectivity index (χ3n) is 8.26. The highest BCUT2D eigenvalue weighted by Gasteiger charge is 2.22. The molecule has 240 valence electrons. The van der Waals surface area contributed by atoms with Crippen molar-refractivity contribution >= 4 is 11.6 Å². The summed E-state index contributed by atoms with van der Waals surface area (Å²) < 4.78 is 12.9. The highest BCUT2D eigenvalue weighted by Crippen LogP contribution is 2.28. The number of unbranched alkanes of at least 4 members (excludes halogenated alkanes) is 10. The molecule has 2 aromatic carbocycles. The smallest absolute Gasteiger partial charge is 0.174 e. The van der Waals surface area contributed by atoms with Crippen LogP contribution >= 0.6 is 0 Å². The standard InChI is InChI=1S/C39H60O4/c1-5-9-11-13-15-17-25-32(23-7-3)42-38-29-21-19-27-34(38)36(40)31-37(41)35-28-20-22-30-39(35)43-33(24-8-4)26-18-16-14-12-10-6-2/h19-22,27-30,32-33H,5-18,23-26,31H2,1-4H3. The summed E-state index contributed by atoms with van der Waals surface area (Å²) in [5, 5.41) is 0. The molecular formula is C39H60O4. The van der Waals surface area contributed by atoms with Crippen molar-refractivity contribution in [2.24, 2.45) is 0 Å². The number of Topliss-reactive ketones (excluding diaryl/α,β-unsaturated/α-hetero) is 2. The fourth-order valence-electron chi connectivity index (χ4n) is 5.77. The molecule has 0 aliphatic rings. The summed E-state index contributed by atoms with van der Waals surface area (Å²) in [7, 11) is 0. The fourth-order valence-corrected chi connectivity index (χ4v) is 5.77. The molecule has 0 aromatic heterocycles. The highest BCUT2D eigenvalue weighted by atomic mass is 16.5. The van der Waals surface area contributed by atoms with Gasteiger partial charge < -0.3 is 9.47 Å². The number of carbonyl (C=O) groups excluding carboxylic acids is 2. The molecule has 0 fully saturated rings. The van der Waals surface area contributed by atoms with Crippen molar-refractivity contribution in [2.75, 3.05) is 0 Å². The number of benzene rings is 2. The molecule has 0 spiro atoms. The van der Waals surface area contributed by atoms with Gasteiger partial charge in [0.1, 0.15) is 11.5 Å². The molecule has 0 N–H and O–H groups in total. The maximum Gasteiger partial charge on any atom is 0.174 e. The number of ether oxygens (including phenoxy) is 2. The van der Waals surface area contributed by atoms with Gasteiger partial charge in [-0.15, -0.1) is 0 Å². The van der Waals surface area contributed by atoms with Crippen molar-refractivity contribution in [3.63, 3.8) is 0 Å². The van der Waals surface area contributed by atoms with Crippen LogP contribution in [0.2, 0.25) is 0 Å². The predicted octanol–water partition coefficient (Wildman–Crippen LogP) is 11.7. The summed E-state index contributed by atoms with van der Waals surface area (Å²) in [5.41, 5.74) is 0.982. The summed E-state index contributed by atoms with van der Waals surface area (Å²) in [4.78, 5) is 27.0. The molecule has 2 atom stereocenters. The van der Waals surface area contributed by atoms with E-state index in [9.17, 15) is 9.59 Å². The Morgan fingerprint density at radius 2 is 0.860 bits per heavy atom. The second kappa shape index (κ2) is 22.9. The van der Waals surface area contributed by atoms with Crippen molar-refractivity contribution in [2.45, 2.75) is 162 Å². The molecule has 0 aliphatic carbocycles. The van der Waals surface area contributed by atoms with Gasteiger partial charge in [-0.25, -0.2) is 0 Å². The van der Waals surface area contributed by atoms with Crippen LogP contribution in [0.3, 0.4) is 0 Å². The fraction of sp³-hybridized carbons (Fsp3) is 0.641. The Labute approximate surface area is 263 Å². The first-order chi connectivity index (χ1) is 21.0. The highest BCUT2D eigenvalue weighted by molar-refractivity contribution is 6.15. The monoisotopic (exact) mass is 592 g/mol. The zero-order valence-electron chi connectivity index (χ0n) is 27.8. The zero-order chi connectivity index (χ0) is 31.1. The summed E-state index contributed by atoms with van der Waals surface area (Å²) in [6, 6.07) is 14.8. The second-order valence-electron chi connectivity index (χ2n) is 12.2. The Bertz CT molecular complexity index is 948. The number of rotatable bonds is 26. The minimum Gasteiger partial charge on any atom is -0.490 e. The van der Waals surface area contributed by atoms with Crippen molar-refractivity contribution in [3.05, 3.63) is 59.7 Å². The molecule has 0 saturated carbocycles. The van der Waals surface area contributed by atoms with E-state index in [0.717, 1.165) is 51.4 Å². The molecular weight excluding hydrogens is 532 g/mol. The number of hydrogen-bond acceptors (Lipinski definition) is 4. The lowest BCUT2D eigenvalue weighted by molar-refractivity contribution is 0.0885. The van der Waals surface area contributed by atoms with Crippen LogP contribution < -0.4 is 9.47 Å². The Kier molecular flexibility index (Phi) is 19.4. The largest absolute Gasteiger partial charge is 0.490 e. The third kappa shape index (κ3) is 14.6. The van der Waals surface area contributed by atoms with E-state index in [2.05, 4.69) is 27.7 Å². The lowest BCUT2D eigenvalue weighted by Gasteiger charge is -2.21. The van der Waals surface area contributed by atoms with E-state index >= 15 is 0 Å². The van der Waals surface area contributed by atoms with Crippen molar-refractivity contribution < 1.29 is 19.1 Å². The molecule has 4 heteroatoms. The van der Waals surface area contributed by atoms with E-state index < -0.39 is 0 Å². The van der Waals surface area contributed by atoms with Gasteiger partial charge in [0.25, 0.3) is 0 Å². The van der Waals surface area contributed by atoms with Gasteiger partial charge in [-0.1, -0.05) is 129 Å². The van der Waals surface area contributed by atoms with Gasteiger partial charge in [0.15, 0.2) is 11.6 Å². The molecule has 43 heavy (non-hydrogen) atoms. The number of ketones is 2. The number of para-hydroxylation sites is 2. The normalized spacial score (nSPS) is 12.6. The molecule has 4 nitrogen and oxygen atoms in total. The molecule has 2 rings (SSSR count). The summed E-state index contributed by atoms with van der Waals surface area (Å²) >= 11 is 0. The molecule has 0 saturated heterocycles. The SMILES string of the molecule is CCCCCCCCC(CCC)Oc1ccccc1C(=O)CC(=O)c1ccccc1OC(CCC)CCCCCCCC. The van der Waals surface area contributed by atoms with E-state index in [1.165, 1.54) is 64.2 Å². The summed E-state index contributed by atoms with van der Waals surface area (Å²) in [6.07, 6.45) is 20.9. The van der Waals surface area contributed by atoms with Crippen LogP contribution in [0, 0.1) is 0 Å². The van der Waals surface area contributed by atoms with Crippen LogP contribution in [0.5, 0.6) is 11.5 Å². The average Bonchev–Trinajstić information content (AvgIpc) is 3.01. The minimum absolute atomic E-state index is 0.0806. The van der Waals surface area contributed by atoms with E-state index in [1.807, 2.05) is 36.4 Å². The van der Waals surface area contributed by atoms with Gasteiger partial charge in [0.2, 0.25) is 0 Å². The topological polar surface area (TPSA) is 52.6 Å². The van der Waals surface area contributed by atoms with E-state index in [0.29, 0.717) is 22.6 Å². The maximum atomic E-state index is 13.5. The van der Waals surface area contributed by atoms with Crippen LogP contribution in [0.25, 0.3) is 0 Å². The van der Waals surface area contributed by atoms with E-state index in [4.69, 9.17) is 9.47 Å². The Balaban J connectivity index is 2.03. The van der Waals surface area contributed by atoms with Gasteiger partial charge in [-0.2, -0.15) is 0 Å². The zero-order valence-corrected chi connectivity index (χ0v) is 27.8. The van der Waals surface area contributed by atoms with Gasteiger partial charge in [-0.05, 0) is 62.8 Å². The van der Waals surface area contributed by atoms with Crippen LogP contribution in [0.4, 0.5) is 0 Å². The Hall–Kier alpha value is -2.62. The van der Waals surface area contributed by atoms with Gasteiger partial charge in [0.05, 0.1) is 29.8 Å². The lowest BCUT2D eigenvalue weighted by Crippen LogP contribution is -2.20. The van der Waals surface area contributed by atoms with Gasteiger partial charge >= 0.3 is 0 Å². The van der Waals surface area contributed by atoms with E-state index in [1.54, 1.807) is 12.1 Å². The summed E-state index contributed by atoms with van der Waals surface area (Å²) in [5.74, 6) is 0.775. The predicted molar refractivity (Wildman–Crippen MR) is 181 cm³/mol. The van der Waals surface area contributed by atoms with E-state index in [-0.39, 0.29) is 30.2 Å². The maximum absolute atomic E-state index is 13.5. The molecule has 0 radical (unpaired) electrons. The molecule has 2 unspecified atom stereocenters. The minimum atomic E-state index is -0.206. The lowest BCUT2D eigenvalue weighted by atomic mass is 9.99. The van der Waals surface area contributed by atoms with Crippen molar-refractivity contribution in [1.29, 1.82) is 0 Å². The van der Waals surface area contributed by atoms with Crippen LogP contribution in [0.15, 0.2) is 48.5 Å². The molecule has 0 heterocycles. The average molecular weight is 593 g/mol. The molecule has 2 aromatic rings. The quantitative estimate of drug-likeness (QED) is 0.0619. The first-order valence-electron chi connectivity index (χ1n) is 17.6.